The number of hydrogen-bond donors (Lipinski definition) is 2. The molecule has 0 unspecified atom stereocenters. The van der Waals surface area contributed by atoms with Gasteiger partial charge in [-0.25, -0.2) is 0 Å². The van der Waals surface area contributed by atoms with Crippen molar-refractivity contribution in [2.75, 3.05) is 32.5 Å². The fourth-order valence-corrected chi connectivity index (χ4v) is 3.73. The van der Waals surface area contributed by atoms with E-state index in [1.54, 1.807) is 0 Å². The summed E-state index contributed by atoms with van der Waals surface area (Å²) in [5, 5.41) is 5.00. The van der Waals surface area contributed by atoms with Gasteiger partial charge in [-0.05, 0) is 82.5 Å². The molecule has 0 atom stereocenters. The molecule has 0 saturated carbocycles. The van der Waals surface area contributed by atoms with Gasteiger partial charge in [0, 0.05) is 35.2 Å². The summed E-state index contributed by atoms with van der Waals surface area (Å²) in [7, 11) is 4.06. The summed E-state index contributed by atoms with van der Waals surface area (Å²) >= 11 is 5.71. The second-order valence-corrected chi connectivity index (χ2v) is 8.57. The van der Waals surface area contributed by atoms with Gasteiger partial charge in [0.25, 0.3) is 5.56 Å². The Morgan fingerprint density at radius 2 is 1.70 bits per heavy atom. The zero-order valence-corrected chi connectivity index (χ0v) is 19.2. The zero-order valence-electron chi connectivity index (χ0n) is 18.4. The van der Waals surface area contributed by atoms with E-state index in [0.29, 0.717) is 17.2 Å². The lowest BCUT2D eigenvalue weighted by molar-refractivity contribution is 0.327. The van der Waals surface area contributed by atoms with E-state index in [1.807, 2.05) is 57.4 Å². The molecular weight excluding hydrogens is 392 g/mol. The highest BCUT2D eigenvalue weighted by Gasteiger charge is 2.15. The first-order valence-corrected chi connectivity index (χ1v) is 10.5. The number of aryl methyl sites for hydroxylation is 3. The van der Waals surface area contributed by atoms with Crippen LogP contribution in [0.2, 0.25) is 0 Å². The number of pyridine rings is 1. The Morgan fingerprint density at radius 1 is 1.00 bits per heavy atom. The van der Waals surface area contributed by atoms with Crippen LogP contribution in [0.3, 0.4) is 0 Å². The van der Waals surface area contributed by atoms with Gasteiger partial charge in [-0.1, -0.05) is 23.8 Å². The number of nitrogens with zero attached hydrogens (tertiary/aromatic N) is 2. The topological polar surface area (TPSA) is 51.4 Å². The van der Waals surface area contributed by atoms with Gasteiger partial charge in [-0.15, -0.1) is 0 Å². The van der Waals surface area contributed by atoms with E-state index in [-0.39, 0.29) is 5.56 Å². The molecule has 0 spiro atoms. The molecule has 6 heteroatoms. The number of nitrogens with one attached hydrogen (secondary N) is 2. The van der Waals surface area contributed by atoms with E-state index in [1.165, 1.54) is 5.56 Å². The largest absolute Gasteiger partial charge is 0.343 e. The number of thiocarbonyl (C=S) groups is 1. The first kappa shape index (κ1) is 22.0. The fourth-order valence-electron chi connectivity index (χ4n) is 3.45. The average molecular weight is 423 g/mol. The number of anilines is 1. The maximum atomic E-state index is 12.8. The monoisotopic (exact) mass is 422 g/mol. The number of aromatic amines is 1. The van der Waals surface area contributed by atoms with Crippen LogP contribution >= 0.6 is 12.2 Å². The third kappa shape index (κ3) is 5.46. The molecule has 0 aliphatic carbocycles. The molecule has 1 aromatic heterocycles. The molecule has 2 aromatic carbocycles. The first-order chi connectivity index (χ1) is 14.2. The lowest BCUT2D eigenvalue weighted by atomic mass is 10.0. The Kier molecular flexibility index (Phi) is 6.90. The molecule has 0 bridgehead atoms. The molecule has 5 nitrogen and oxygen atoms in total. The second kappa shape index (κ2) is 9.41. The number of fused-ring (bicyclic) bond motifs is 1. The summed E-state index contributed by atoms with van der Waals surface area (Å²) < 4.78 is 0. The van der Waals surface area contributed by atoms with E-state index in [0.717, 1.165) is 40.8 Å². The Bertz CT molecular complexity index is 1100. The molecule has 3 rings (SSSR count). The number of likely N-dealkylation sites (N-methyl/N-ethyl adjacent to an activating group) is 1. The minimum absolute atomic E-state index is 0.0690. The summed E-state index contributed by atoms with van der Waals surface area (Å²) in [4.78, 5) is 20.0. The van der Waals surface area contributed by atoms with Crippen LogP contribution < -0.4 is 10.9 Å². The molecule has 158 valence electrons. The van der Waals surface area contributed by atoms with Crippen molar-refractivity contribution in [3.8, 4) is 0 Å². The molecular formula is C24H30N4OS. The third-order valence-electron chi connectivity index (χ3n) is 5.16. The van der Waals surface area contributed by atoms with Crippen LogP contribution in [0.1, 0.15) is 22.3 Å². The van der Waals surface area contributed by atoms with Gasteiger partial charge >= 0.3 is 0 Å². The molecule has 0 amide bonds. The molecule has 3 aromatic rings. The van der Waals surface area contributed by atoms with Crippen molar-refractivity contribution in [2.24, 2.45) is 0 Å². The SMILES string of the molecule is Cc1ccc(NC(=S)N(CCN(C)C)Cc2cc3c(C)cc(C)cc3[nH]c2=O)cc1. The maximum absolute atomic E-state index is 12.8. The predicted octanol–water partition coefficient (Wildman–Crippen LogP) is 4.21. The standard InChI is InChI=1S/C24H30N4OS/c1-16-6-8-20(9-7-16)25-24(30)28(11-10-27(4)5)15-19-14-21-18(3)12-17(2)13-22(21)26-23(19)29/h6-9,12-14H,10-11,15H2,1-5H3,(H,25,30)(H,26,29). The van der Waals surface area contributed by atoms with Crippen molar-refractivity contribution < 1.29 is 0 Å². The smallest absolute Gasteiger partial charge is 0.253 e. The van der Waals surface area contributed by atoms with Crippen LogP contribution in [-0.2, 0) is 6.54 Å². The molecule has 0 aliphatic heterocycles. The zero-order chi connectivity index (χ0) is 21.8. The molecule has 30 heavy (non-hydrogen) atoms. The number of H-pyrrole nitrogens is 1. The van der Waals surface area contributed by atoms with Crippen molar-refractivity contribution in [1.82, 2.24) is 14.8 Å². The van der Waals surface area contributed by atoms with Crippen molar-refractivity contribution in [3.63, 3.8) is 0 Å². The maximum Gasteiger partial charge on any atom is 0.253 e. The van der Waals surface area contributed by atoms with Crippen LogP contribution in [-0.4, -0.2) is 47.1 Å². The van der Waals surface area contributed by atoms with Gasteiger partial charge in [0.1, 0.15) is 0 Å². The number of rotatable bonds is 6. The van der Waals surface area contributed by atoms with Gasteiger partial charge in [0.15, 0.2) is 5.11 Å². The Labute approximate surface area is 183 Å². The minimum Gasteiger partial charge on any atom is -0.343 e. The lowest BCUT2D eigenvalue weighted by Gasteiger charge is -2.27. The van der Waals surface area contributed by atoms with Gasteiger partial charge in [-0.2, -0.15) is 0 Å². The molecule has 2 N–H and O–H groups in total. The highest BCUT2D eigenvalue weighted by atomic mass is 32.1. The summed E-state index contributed by atoms with van der Waals surface area (Å²) in [5.74, 6) is 0. The van der Waals surface area contributed by atoms with Gasteiger partial charge < -0.3 is 20.1 Å². The van der Waals surface area contributed by atoms with Crippen molar-refractivity contribution in [1.29, 1.82) is 0 Å². The summed E-state index contributed by atoms with van der Waals surface area (Å²) in [5.41, 5.74) is 5.95. The van der Waals surface area contributed by atoms with E-state index in [9.17, 15) is 4.79 Å². The Morgan fingerprint density at radius 3 is 2.37 bits per heavy atom. The van der Waals surface area contributed by atoms with E-state index >= 15 is 0 Å². The highest BCUT2D eigenvalue weighted by molar-refractivity contribution is 7.80. The average Bonchev–Trinajstić information content (AvgIpc) is 2.67. The van der Waals surface area contributed by atoms with E-state index in [2.05, 4.69) is 40.0 Å². The third-order valence-corrected chi connectivity index (χ3v) is 5.52. The Hall–Kier alpha value is -2.70. The number of benzene rings is 2. The predicted molar refractivity (Wildman–Crippen MR) is 130 cm³/mol. The normalized spacial score (nSPS) is 11.1. The summed E-state index contributed by atoms with van der Waals surface area (Å²) in [6.07, 6.45) is 0. The van der Waals surface area contributed by atoms with Crippen LogP contribution in [0, 0.1) is 20.8 Å². The molecule has 0 fully saturated rings. The van der Waals surface area contributed by atoms with Crippen molar-refractivity contribution >= 4 is 33.9 Å². The van der Waals surface area contributed by atoms with Gasteiger partial charge in [-0.3, -0.25) is 4.79 Å². The minimum atomic E-state index is -0.0690. The van der Waals surface area contributed by atoms with Crippen molar-refractivity contribution in [2.45, 2.75) is 27.3 Å². The molecule has 0 aliphatic rings. The van der Waals surface area contributed by atoms with Crippen molar-refractivity contribution in [3.05, 3.63) is 75.1 Å². The lowest BCUT2D eigenvalue weighted by Crippen LogP contribution is -2.40. The van der Waals surface area contributed by atoms with E-state index in [4.69, 9.17) is 12.2 Å². The second-order valence-electron chi connectivity index (χ2n) is 8.19. The Balaban J connectivity index is 1.88. The van der Waals surface area contributed by atoms with Gasteiger partial charge in [0.05, 0.1) is 6.54 Å². The van der Waals surface area contributed by atoms with Crippen LogP contribution in [0.4, 0.5) is 5.69 Å². The first-order valence-electron chi connectivity index (χ1n) is 10.1. The van der Waals surface area contributed by atoms with Crippen LogP contribution in [0.25, 0.3) is 10.9 Å². The van der Waals surface area contributed by atoms with Gasteiger partial charge in [0.2, 0.25) is 0 Å². The van der Waals surface area contributed by atoms with E-state index < -0.39 is 0 Å². The molecule has 0 saturated heterocycles. The number of hydrogen-bond acceptors (Lipinski definition) is 3. The quantitative estimate of drug-likeness (QED) is 0.583. The molecule has 1 heterocycles. The molecule has 0 radical (unpaired) electrons. The van der Waals surface area contributed by atoms with Crippen LogP contribution in [0.5, 0.6) is 0 Å². The van der Waals surface area contributed by atoms with Crippen LogP contribution in [0.15, 0.2) is 47.3 Å². The highest BCUT2D eigenvalue weighted by Crippen LogP contribution is 2.19. The fraction of sp³-hybridized carbons (Fsp3) is 0.333. The summed E-state index contributed by atoms with van der Waals surface area (Å²) in [6.45, 7) is 8.17. The summed E-state index contributed by atoms with van der Waals surface area (Å²) in [6, 6.07) is 14.3. The number of aromatic nitrogens is 1.